The van der Waals surface area contributed by atoms with Gasteiger partial charge in [0.05, 0.1) is 12.5 Å². The molecule has 2 atom stereocenters. The van der Waals surface area contributed by atoms with Gasteiger partial charge in [0.15, 0.2) is 0 Å². The summed E-state index contributed by atoms with van der Waals surface area (Å²) in [5, 5.41) is 0. The Hall–Kier alpha value is -0.220. The lowest BCUT2D eigenvalue weighted by atomic mass is 10.2. The van der Waals surface area contributed by atoms with E-state index in [4.69, 9.17) is 10.5 Å². The summed E-state index contributed by atoms with van der Waals surface area (Å²) in [4.78, 5) is 11.2. The maximum absolute atomic E-state index is 11.2. The Morgan fingerprint density at radius 3 is 2.54 bits per heavy atom. The minimum absolute atomic E-state index is 0.0244. The van der Waals surface area contributed by atoms with Crippen LogP contribution in [0.15, 0.2) is 0 Å². The lowest BCUT2D eigenvalue weighted by Gasteiger charge is -2.10. The third kappa shape index (κ3) is 6.90. The van der Waals surface area contributed by atoms with E-state index in [0.29, 0.717) is 6.61 Å². The molecule has 0 aliphatic carbocycles. The third-order valence-electron chi connectivity index (χ3n) is 1.44. The Morgan fingerprint density at radius 2 is 2.08 bits per heavy atom. The number of ether oxygens (including phenoxy) is 1. The molecule has 0 aromatic carbocycles. The van der Waals surface area contributed by atoms with E-state index in [-0.39, 0.29) is 17.9 Å². The van der Waals surface area contributed by atoms with Crippen molar-refractivity contribution >= 4 is 17.7 Å². The Bertz CT molecular complexity index is 151. The molecule has 4 heteroatoms. The van der Waals surface area contributed by atoms with Crippen LogP contribution in [0.5, 0.6) is 0 Å². The highest BCUT2D eigenvalue weighted by molar-refractivity contribution is 7.99. The third-order valence-corrected chi connectivity index (χ3v) is 2.93. The summed E-state index contributed by atoms with van der Waals surface area (Å²) in [7, 11) is 0. The van der Waals surface area contributed by atoms with Crippen molar-refractivity contribution in [1.29, 1.82) is 0 Å². The van der Waals surface area contributed by atoms with Gasteiger partial charge in [-0.25, -0.2) is 0 Å². The van der Waals surface area contributed by atoms with Gasteiger partial charge in [-0.1, -0.05) is 6.92 Å². The zero-order chi connectivity index (χ0) is 10.3. The molecule has 0 aromatic heterocycles. The molecule has 0 spiro atoms. The highest BCUT2D eigenvalue weighted by Crippen LogP contribution is 2.10. The molecule has 3 nitrogen and oxygen atoms in total. The van der Waals surface area contributed by atoms with Gasteiger partial charge in [0.25, 0.3) is 0 Å². The molecule has 0 bridgehead atoms. The zero-order valence-electron chi connectivity index (χ0n) is 8.58. The van der Waals surface area contributed by atoms with Crippen LogP contribution in [-0.2, 0) is 9.53 Å². The van der Waals surface area contributed by atoms with Gasteiger partial charge in [-0.3, -0.25) is 4.79 Å². The number of hydrogen-bond acceptors (Lipinski definition) is 4. The van der Waals surface area contributed by atoms with E-state index < -0.39 is 0 Å². The van der Waals surface area contributed by atoms with Crippen LogP contribution in [0.3, 0.4) is 0 Å². The second kappa shape index (κ2) is 7.21. The molecule has 0 amide bonds. The molecule has 2 N–H and O–H groups in total. The van der Waals surface area contributed by atoms with Gasteiger partial charge >= 0.3 is 5.97 Å². The number of esters is 1. The van der Waals surface area contributed by atoms with Gasteiger partial charge < -0.3 is 10.5 Å². The predicted octanol–water partition coefficient (Wildman–Crippen LogP) is 1.27. The topological polar surface area (TPSA) is 52.3 Å². The lowest BCUT2D eigenvalue weighted by molar-refractivity contribution is -0.146. The fourth-order valence-electron chi connectivity index (χ4n) is 0.783. The van der Waals surface area contributed by atoms with Gasteiger partial charge in [-0.05, 0) is 13.8 Å². The maximum Gasteiger partial charge on any atom is 0.309 e. The molecule has 2 unspecified atom stereocenters. The monoisotopic (exact) mass is 205 g/mol. The molecule has 0 saturated heterocycles. The molecule has 0 aliphatic heterocycles. The molecule has 0 rings (SSSR count). The number of hydrogen-bond donors (Lipinski definition) is 1. The van der Waals surface area contributed by atoms with Crippen molar-refractivity contribution in [3.05, 3.63) is 0 Å². The number of carbonyl (C=O) groups excluding carboxylic acids is 1. The van der Waals surface area contributed by atoms with Gasteiger partial charge in [-0.2, -0.15) is 11.8 Å². The summed E-state index contributed by atoms with van der Waals surface area (Å²) < 4.78 is 4.88. The lowest BCUT2D eigenvalue weighted by Crippen LogP contribution is -2.21. The van der Waals surface area contributed by atoms with E-state index in [0.717, 1.165) is 11.5 Å². The largest absolute Gasteiger partial charge is 0.466 e. The molecule has 0 saturated carbocycles. The quantitative estimate of drug-likeness (QED) is 0.663. The van der Waals surface area contributed by atoms with Crippen molar-refractivity contribution in [3.63, 3.8) is 0 Å². The van der Waals surface area contributed by atoms with E-state index >= 15 is 0 Å². The smallest absolute Gasteiger partial charge is 0.309 e. The predicted molar refractivity (Wildman–Crippen MR) is 56.8 cm³/mol. The van der Waals surface area contributed by atoms with E-state index in [9.17, 15) is 4.79 Å². The van der Waals surface area contributed by atoms with Gasteiger partial charge in [-0.15, -0.1) is 0 Å². The maximum atomic E-state index is 11.2. The first-order valence-corrected chi connectivity index (χ1v) is 5.73. The first kappa shape index (κ1) is 12.8. The van der Waals surface area contributed by atoms with Crippen LogP contribution in [0.25, 0.3) is 0 Å². The van der Waals surface area contributed by atoms with Crippen LogP contribution in [0, 0.1) is 5.92 Å². The average Bonchev–Trinajstić information content (AvgIpc) is 2.04. The Balaban J connectivity index is 3.49. The van der Waals surface area contributed by atoms with Gasteiger partial charge in [0.2, 0.25) is 0 Å². The Morgan fingerprint density at radius 1 is 1.46 bits per heavy atom. The fraction of sp³-hybridized carbons (Fsp3) is 0.889. The molecule has 13 heavy (non-hydrogen) atoms. The molecule has 0 aliphatic rings. The van der Waals surface area contributed by atoms with Crippen LogP contribution < -0.4 is 5.73 Å². The second-order valence-electron chi connectivity index (χ2n) is 3.17. The fourth-order valence-corrected chi connectivity index (χ4v) is 1.78. The highest BCUT2D eigenvalue weighted by atomic mass is 32.2. The number of rotatable bonds is 6. The summed E-state index contributed by atoms with van der Waals surface area (Å²) in [6, 6.07) is 0.194. The van der Waals surface area contributed by atoms with Crippen LogP contribution in [-0.4, -0.2) is 30.1 Å². The molecule has 78 valence electrons. The molecular weight excluding hydrogens is 186 g/mol. The average molecular weight is 205 g/mol. The minimum Gasteiger partial charge on any atom is -0.466 e. The summed E-state index contributed by atoms with van der Waals surface area (Å²) in [5.41, 5.74) is 5.58. The number of carbonyl (C=O) groups is 1. The van der Waals surface area contributed by atoms with Gasteiger partial charge in [0, 0.05) is 17.5 Å². The normalized spacial score (nSPS) is 15.1. The minimum atomic E-state index is -0.111. The number of thioether (sulfide) groups is 1. The van der Waals surface area contributed by atoms with Crippen molar-refractivity contribution in [2.75, 3.05) is 18.1 Å². The summed E-state index contributed by atoms with van der Waals surface area (Å²) in [5.74, 6) is 1.55. The van der Waals surface area contributed by atoms with E-state index in [2.05, 4.69) is 0 Å². The number of nitrogens with two attached hydrogens (primary N) is 1. The SMILES string of the molecule is CCOC(=O)C(C)CSCC(C)N. The Kier molecular flexibility index (Phi) is 7.09. The molecule has 0 fully saturated rings. The summed E-state index contributed by atoms with van der Waals surface area (Å²) in [6.07, 6.45) is 0. The van der Waals surface area contributed by atoms with Crippen molar-refractivity contribution in [3.8, 4) is 0 Å². The van der Waals surface area contributed by atoms with E-state index in [1.165, 1.54) is 0 Å². The molecule has 0 radical (unpaired) electrons. The molecular formula is C9H19NO2S. The second-order valence-corrected chi connectivity index (χ2v) is 4.24. The first-order chi connectivity index (χ1) is 6.07. The van der Waals surface area contributed by atoms with Crippen LogP contribution in [0.1, 0.15) is 20.8 Å². The van der Waals surface area contributed by atoms with Crippen molar-refractivity contribution in [2.45, 2.75) is 26.8 Å². The van der Waals surface area contributed by atoms with Crippen molar-refractivity contribution in [1.82, 2.24) is 0 Å². The highest BCUT2D eigenvalue weighted by Gasteiger charge is 2.13. The standard InChI is InChI=1S/C9H19NO2S/c1-4-12-9(11)7(2)5-13-6-8(3)10/h7-8H,4-6,10H2,1-3H3. The van der Waals surface area contributed by atoms with Crippen LogP contribution >= 0.6 is 11.8 Å². The first-order valence-electron chi connectivity index (χ1n) is 4.57. The molecule has 0 heterocycles. The van der Waals surface area contributed by atoms with Crippen molar-refractivity contribution < 1.29 is 9.53 Å². The van der Waals surface area contributed by atoms with Crippen LogP contribution in [0.4, 0.5) is 0 Å². The summed E-state index contributed by atoms with van der Waals surface area (Å²) >= 11 is 1.70. The van der Waals surface area contributed by atoms with E-state index in [1.54, 1.807) is 11.8 Å². The van der Waals surface area contributed by atoms with Crippen molar-refractivity contribution in [2.24, 2.45) is 11.7 Å². The zero-order valence-corrected chi connectivity index (χ0v) is 9.39. The summed E-state index contributed by atoms with van der Waals surface area (Å²) in [6.45, 7) is 6.12. The van der Waals surface area contributed by atoms with Crippen LogP contribution in [0.2, 0.25) is 0 Å². The van der Waals surface area contributed by atoms with Gasteiger partial charge in [0.1, 0.15) is 0 Å². The Labute approximate surface area is 84.4 Å². The van der Waals surface area contributed by atoms with E-state index in [1.807, 2.05) is 20.8 Å². The molecule has 0 aromatic rings.